The van der Waals surface area contributed by atoms with E-state index in [1.807, 2.05) is 24.4 Å². The predicted molar refractivity (Wildman–Crippen MR) is 151 cm³/mol. The molecule has 0 radical (unpaired) electrons. The van der Waals surface area contributed by atoms with E-state index < -0.39 is 6.55 Å². The van der Waals surface area contributed by atoms with Crippen LogP contribution in [0.4, 0.5) is 14.6 Å². The number of anilines is 1. The van der Waals surface area contributed by atoms with Crippen LogP contribution in [0.2, 0.25) is 0 Å². The summed E-state index contributed by atoms with van der Waals surface area (Å²) >= 11 is 0. The van der Waals surface area contributed by atoms with Crippen molar-refractivity contribution < 1.29 is 8.78 Å². The lowest BCUT2D eigenvalue weighted by atomic mass is 9.86. The van der Waals surface area contributed by atoms with Gasteiger partial charge in [-0.3, -0.25) is 4.90 Å². The topological polar surface area (TPSA) is 78.3 Å². The molecule has 0 aliphatic carbocycles. The molecular weight excluding hydrogens is 522 g/mol. The number of halogens is 2. The molecular formula is C31H28F2N8. The van der Waals surface area contributed by atoms with E-state index in [4.69, 9.17) is 4.98 Å². The Hall–Kier alpha value is -4.62. The summed E-state index contributed by atoms with van der Waals surface area (Å²) in [5.41, 5.74) is 6.69. The SMILES string of the molecule is CCc1ccccc1CN1C2CC1CN(c1ccc(-c3cc(-c4cnn(C(F)F)c4)cn4ncc(C#N)c34)cn1)C2. The first-order valence-electron chi connectivity index (χ1n) is 13.8. The molecule has 10 heteroatoms. The highest BCUT2D eigenvalue weighted by Gasteiger charge is 2.44. The van der Waals surface area contributed by atoms with Gasteiger partial charge in [-0.15, -0.1) is 0 Å². The van der Waals surface area contributed by atoms with Gasteiger partial charge in [0.25, 0.3) is 0 Å². The van der Waals surface area contributed by atoms with Gasteiger partial charge in [0, 0.05) is 72.6 Å². The molecule has 0 N–H and O–H groups in total. The summed E-state index contributed by atoms with van der Waals surface area (Å²) < 4.78 is 28.5. The van der Waals surface area contributed by atoms with E-state index >= 15 is 0 Å². The van der Waals surface area contributed by atoms with Crippen molar-refractivity contribution >= 4 is 11.3 Å². The molecule has 7 heterocycles. The molecule has 2 unspecified atom stereocenters. The van der Waals surface area contributed by atoms with Crippen LogP contribution in [0, 0.1) is 11.3 Å². The molecule has 8 nitrogen and oxygen atoms in total. The third kappa shape index (κ3) is 4.43. The Labute approximate surface area is 236 Å². The van der Waals surface area contributed by atoms with Crippen LogP contribution < -0.4 is 4.90 Å². The smallest absolute Gasteiger partial charge is 0.333 e. The van der Waals surface area contributed by atoms with Crippen molar-refractivity contribution in [3.05, 3.63) is 90.1 Å². The lowest BCUT2D eigenvalue weighted by Gasteiger charge is -2.57. The highest BCUT2D eigenvalue weighted by Crippen LogP contribution is 2.37. The molecule has 0 saturated carbocycles. The normalized spacial score (nSPS) is 18.6. The quantitative estimate of drug-likeness (QED) is 0.264. The first-order valence-corrected chi connectivity index (χ1v) is 13.8. The zero-order chi connectivity index (χ0) is 28.1. The predicted octanol–water partition coefficient (Wildman–Crippen LogP) is 5.55. The Morgan fingerprint density at radius 2 is 1.76 bits per heavy atom. The number of pyridine rings is 2. The van der Waals surface area contributed by atoms with Gasteiger partial charge >= 0.3 is 6.55 Å². The number of aryl methyl sites for hydroxylation is 1. The average molecular weight is 551 g/mol. The minimum absolute atomic E-state index is 0.430. The zero-order valence-electron chi connectivity index (χ0n) is 22.5. The van der Waals surface area contributed by atoms with Gasteiger partial charge in [0.2, 0.25) is 0 Å². The Morgan fingerprint density at radius 1 is 0.951 bits per heavy atom. The zero-order valence-corrected chi connectivity index (χ0v) is 22.5. The Balaban J connectivity index is 1.14. The van der Waals surface area contributed by atoms with E-state index in [2.05, 4.69) is 57.3 Å². The average Bonchev–Trinajstić information content (AvgIpc) is 3.68. The van der Waals surface area contributed by atoms with Crippen LogP contribution in [0.25, 0.3) is 27.8 Å². The van der Waals surface area contributed by atoms with Crippen molar-refractivity contribution in [2.45, 2.75) is 44.9 Å². The second kappa shape index (κ2) is 10.1. The summed E-state index contributed by atoms with van der Waals surface area (Å²) in [7, 11) is 0. The monoisotopic (exact) mass is 550 g/mol. The number of hydrogen-bond donors (Lipinski definition) is 0. The molecule has 5 aromatic rings. The number of aromatic nitrogens is 5. The fourth-order valence-corrected chi connectivity index (χ4v) is 6.29. The maximum absolute atomic E-state index is 13.1. The van der Waals surface area contributed by atoms with Crippen LogP contribution in [0.5, 0.6) is 0 Å². The van der Waals surface area contributed by atoms with E-state index in [1.54, 1.807) is 10.7 Å². The second-order valence-corrected chi connectivity index (χ2v) is 10.7. The van der Waals surface area contributed by atoms with Crippen LogP contribution in [0.3, 0.4) is 0 Å². The molecule has 3 fully saturated rings. The van der Waals surface area contributed by atoms with Crippen molar-refractivity contribution in [2.24, 2.45) is 0 Å². The highest BCUT2D eigenvalue weighted by molar-refractivity contribution is 5.87. The van der Waals surface area contributed by atoms with Crippen molar-refractivity contribution in [1.29, 1.82) is 5.26 Å². The minimum Gasteiger partial charge on any atom is -0.353 e. The number of nitriles is 1. The third-order valence-electron chi connectivity index (χ3n) is 8.45. The molecule has 2 bridgehead atoms. The van der Waals surface area contributed by atoms with Crippen LogP contribution in [0.1, 0.15) is 36.6 Å². The molecule has 41 heavy (non-hydrogen) atoms. The molecule has 3 aliphatic heterocycles. The van der Waals surface area contributed by atoms with E-state index in [-0.39, 0.29) is 0 Å². The fraction of sp³-hybridized carbons (Fsp3) is 0.290. The van der Waals surface area contributed by atoms with E-state index in [1.165, 1.54) is 36.1 Å². The number of hydrogen-bond acceptors (Lipinski definition) is 6. The molecule has 0 amide bonds. The molecule has 3 aliphatic rings. The molecule has 0 spiro atoms. The molecule has 2 atom stereocenters. The Morgan fingerprint density at radius 3 is 2.44 bits per heavy atom. The van der Waals surface area contributed by atoms with Gasteiger partial charge in [-0.2, -0.15) is 24.2 Å². The summed E-state index contributed by atoms with van der Waals surface area (Å²) in [6.07, 6.45) is 10.0. The lowest BCUT2D eigenvalue weighted by molar-refractivity contribution is -0.00886. The summed E-state index contributed by atoms with van der Waals surface area (Å²) in [5.74, 6) is 0.927. The van der Waals surface area contributed by atoms with Gasteiger partial charge in [0.05, 0.1) is 23.5 Å². The molecule has 1 aromatic carbocycles. The lowest BCUT2D eigenvalue weighted by Crippen LogP contribution is -2.68. The van der Waals surface area contributed by atoms with Crippen molar-refractivity contribution in [3.8, 4) is 28.3 Å². The Bertz CT molecular complexity index is 1760. The molecule has 206 valence electrons. The van der Waals surface area contributed by atoms with Gasteiger partial charge in [0.15, 0.2) is 0 Å². The maximum atomic E-state index is 13.1. The van der Waals surface area contributed by atoms with Crippen molar-refractivity contribution in [3.63, 3.8) is 0 Å². The van der Waals surface area contributed by atoms with Gasteiger partial charge < -0.3 is 4.90 Å². The van der Waals surface area contributed by atoms with Gasteiger partial charge in [-0.05, 0) is 42.2 Å². The number of piperazine rings is 1. The van der Waals surface area contributed by atoms with Gasteiger partial charge in [0.1, 0.15) is 11.9 Å². The number of piperidine rings is 1. The molecule has 4 aromatic heterocycles. The van der Waals surface area contributed by atoms with Gasteiger partial charge in [-0.25, -0.2) is 14.2 Å². The first-order chi connectivity index (χ1) is 20.0. The Kier molecular flexibility index (Phi) is 6.24. The van der Waals surface area contributed by atoms with E-state index in [0.29, 0.717) is 39.0 Å². The standard InChI is InChI=1S/C31H28F2N8/c1-2-20-5-3-4-6-22(20)15-39-26-10-27(39)19-38(18-26)29-8-7-21(12-35-29)28-9-23(25-14-37-41(17-25)31(32)33)16-40-30(28)24(11-34)13-36-40/h3-9,12-14,16-17,26-27,31H,2,10,15,18-19H2,1H3. The minimum atomic E-state index is -2.72. The number of fused-ring (bicyclic) bond motifs is 3. The van der Waals surface area contributed by atoms with Crippen molar-refractivity contribution in [1.82, 2.24) is 29.3 Å². The second-order valence-electron chi connectivity index (χ2n) is 10.7. The third-order valence-corrected chi connectivity index (χ3v) is 8.45. The fourth-order valence-electron chi connectivity index (χ4n) is 6.29. The summed E-state index contributed by atoms with van der Waals surface area (Å²) in [5, 5.41) is 17.8. The molecule has 3 saturated heterocycles. The van der Waals surface area contributed by atoms with Crippen LogP contribution >= 0.6 is 0 Å². The van der Waals surface area contributed by atoms with Crippen LogP contribution in [-0.2, 0) is 13.0 Å². The number of nitrogens with zero attached hydrogens (tertiary/aromatic N) is 8. The van der Waals surface area contributed by atoms with Crippen molar-refractivity contribution in [2.75, 3.05) is 18.0 Å². The number of rotatable bonds is 7. The summed E-state index contributed by atoms with van der Waals surface area (Å²) in [6.45, 7) is 2.36. The number of benzene rings is 1. The number of alkyl halides is 2. The van der Waals surface area contributed by atoms with E-state index in [9.17, 15) is 14.0 Å². The highest BCUT2D eigenvalue weighted by atomic mass is 19.3. The summed E-state index contributed by atoms with van der Waals surface area (Å²) in [4.78, 5) is 9.81. The summed E-state index contributed by atoms with van der Waals surface area (Å²) in [6, 6.07) is 17.9. The van der Waals surface area contributed by atoms with Crippen LogP contribution in [-0.4, -0.2) is 54.5 Å². The van der Waals surface area contributed by atoms with Crippen LogP contribution in [0.15, 0.2) is 73.4 Å². The first kappa shape index (κ1) is 25.4. The maximum Gasteiger partial charge on any atom is 0.333 e. The molecule has 8 rings (SSSR count). The van der Waals surface area contributed by atoms with E-state index in [0.717, 1.165) is 43.0 Å². The van der Waals surface area contributed by atoms with Gasteiger partial charge in [-0.1, -0.05) is 31.2 Å². The largest absolute Gasteiger partial charge is 0.353 e.